The first kappa shape index (κ1) is 15.7. The molecule has 1 fully saturated rings. The standard InChI is InChI=1S/C13H19N3O4S/c1-3-21(19,20)15-8-11(9-15)7-14-13-10(2)5-4-6-12(13)16(17)18/h4-6,11,14H,3,7-9H2,1-2H3. The number of aryl methyl sites for hydroxylation is 1. The fraction of sp³-hybridized carbons (Fsp3) is 0.538. The number of nitro groups is 1. The van der Waals surface area contributed by atoms with Gasteiger partial charge in [-0.15, -0.1) is 0 Å². The van der Waals surface area contributed by atoms with Gasteiger partial charge in [-0.05, 0) is 19.4 Å². The number of sulfonamides is 1. The maximum Gasteiger partial charge on any atom is 0.292 e. The first-order valence-corrected chi connectivity index (χ1v) is 8.41. The lowest BCUT2D eigenvalue weighted by Crippen LogP contribution is -2.52. The number of hydrogen-bond donors (Lipinski definition) is 1. The van der Waals surface area contributed by atoms with Crippen LogP contribution in [0.25, 0.3) is 0 Å². The molecule has 116 valence electrons. The lowest BCUT2D eigenvalue weighted by molar-refractivity contribution is -0.384. The Bertz CT molecular complexity index is 639. The average Bonchev–Trinajstić information content (AvgIpc) is 2.37. The second-order valence-electron chi connectivity index (χ2n) is 5.19. The average molecular weight is 313 g/mol. The number of hydrogen-bond acceptors (Lipinski definition) is 5. The number of rotatable bonds is 6. The third-order valence-electron chi connectivity index (χ3n) is 3.70. The largest absolute Gasteiger partial charge is 0.379 e. The van der Waals surface area contributed by atoms with Gasteiger partial charge in [0.25, 0.3) is 5.69 Å². The summed E-state index contributed by atoms with van der Waals surface area (Å²) < 4.78 is 24.7. The Balaban J connectivity index is 1.96. The van der Waals surface area contributed by atoms with E-state index in [0.717, 1.165) is 5.56 Å². The number of benzene rings is 1. The third-order valence-corrected chi connectivity index (χ3v) is 5.51. The molecule has 7 nitrogen and oxygen atoms in total. The van der Waals surface area contributed by atoms with Crippen LogP contribution >= 0.6 is 0 Å². The molecule has 0 aromatic heterocycles. The molecule has 0 unspecified atom stereocenters. The highest BCUT2D eigenvalue weighted by Gasteiger charge is 2.34. The Morgan fingerprint density at radius 1 is 1.43 bits per heavy atom. The molecule has 1 aliphatic rings. The molecule has 0 radical (unpaired) electrons. The van der Waals surface area contributed by atoms with E-state index in [1.807, 2.05) is 13.0 Å². The molecule has 0 saturated carbocycles. The van der Waals surface area contributed by atoms with E-state index in [-0.39, 0.29) is 17.4 Å². The van der Waals surface area contributed by atoms with Gasteiger partial charge in [-0.1, -0.05) is 12.1 Å². The number of nitrogens with zero attached hydrogens (tertiary/aromatic N) is 2. The van der Waals surface area contributed by atoms with Crippen molar-refractivity contribution in [1.29, 1.82) is 0 Å². The van der Waals surface area contributed by atoms with E-state index in [0.29, 0.717) is 25.3 Å². The molecular weight excluding hydrogens is 294 g/mol. The van der Waals surface area contributed by atoms with Gasteiger partial charge in [-0.2, -0.15) is 0 Å². The van der Waals surface area contributed by atoms with Crippen molar-refractivity contribution in [2.75, 3.05) is 30.7 Å². The summed E-state index contributed by atoms with van der Waals surface area (Å²) in [4.78, 5) is 10.6. The molecule has 1 N–H and O–H groups in total. The van der Waals surface area contributed by atoms with Crippen LogP contribution in [0.5, 0.6) is 0 Å². The van der Waals surface area contributed by atoms with E-state index in [1.54, 1.807) is 13.0 Å². The maximum atomic E-state index is 11.6. The predicted molar refractivity (Wildman–Crippen MR) is 80.8 cm³/mol. The summed E-state index contributed by atoms with van der Waals surface area (Å²) in [6.45, 7) is 4.91. The van der Waals surface area contributed by atoms with Gasteiger partial charge in [-0.3, -0.25) is 10.1 Å². The van der Waals surface area contributed by atoms with E-state index < -0.39 is 14.9 Å². The Kier molecular flexibility index (Phi) is 4.48. The highest BCUT2D eigenvalue weighted by molar-refractivity contribution is 7.89. The molecule has 0 amide bonds. The Morgan fingerprint density at radius 2 is 2.10 bits per heavy atom. The Labute approximate surface area is 124 Å². The van der Waals surface area contributed by atoms with Gasteiger partial charge in [0.15, 0.2) is 0 Å². The van der Waals surface area contributed by atoms with Gasteiger partial charge in [0.2, 0.25) is 10.0 Å². The summed E-state index contributed by atoms with van der Waals surface area (Å²) in [5, 5.41) is 14.1. The van der Waals surface area contributed by atoms with Gasteiger partial charge in [0, 0.05) is 31.6 Å². The van der Waals surface area contributed by atoms with E-state index in [2.05, 4.69) is 5.32 Å². The molecule has 1 aliphatic heterocycles. The fourth-order valence-electron chi connectivity index (χ4n) is 2.34. The van der Waals surface area contributed by atoms with Crippen molar-refractivity contribution in [3.8, 4) is 0 Å². The van der Waals surface area contributed by atoms with Gasteiger partial charge in [0.1, 0.15) is 5.69 Å². The first-order valence-electron chi connectivity index (χ1n) is 6.81. The van der Waals surface area contributed by atoms with E-state index in [1.165, 1.54) is 10.4 Å². The van der Waals surface area contributed by atoms with Crippen LogP contribution in [0, 0.1) is 23.0 Å². The summed E-state index contributed by atoms with van der Waals surface area (Å²) in [6, 6.07) is 4.92. The highest BCUT2D eigenvalue weighted by Crippen LogP contribution is 2.29. The number of anilines is 1. The van der Waals surface area contributed by atoms with Crippen molar-refractivity contribution in [3.05, 3.63) is 33.9 Å². The lowest BCUT2D eigenvalue weighted by atomic mass is 10.0. The van der Waals surface area contributed by atoms with Crippen molar-refractivity contribution in [3.63, 3.8) is 0 Å². The Hall–Kier alpha value is -1.67. The minimum absolute atomic E-state index is 0.0485. The fourth-order valence-corrected chi connectivity index (χ4v) is 3.58. The molecule has 1 aromatic carbocycles. The zero-order chi connectivity index (χ0) is 15.6. The summed E-state index contributed by atoms with van der Waals surface area (Å²) >= 11 is 0. The van der Waals surface area contributed by atoms with Gasteiger partial charge in [-0.25, -0.2) is 12.7 Å². The number of para-hydroxylation sites is 1. The lowest BCUT2D eigenvalue weighted by Gasteiger charge is -2.38. The summed E-state index contributed by atoms with van der Waals surface area (Å²) in [5.74, 6) is 0.293. The summed E-state index contributed by atoms with van der Waals surface area (Å²) in [7, 11) is -3.11. The molecule has 1 heterocycles. The second kappa shape index (κ2) is 5.98. The van der Waals surface area contributed by atoms with Crippen LogP contribution in [0.2, 0.25) is 0 Å². The summed E-state index contributed by atoms with van der Waals surface area (Å²) in [5.41, 5.74) is 1.37. The SMILES string of the molecule is CCS(=O)(=O)N1CC(CNc2c(C)cccc2[N+](=O)[O-])C1. The molecule has 0 bridgehead atoms. The zero-order valence-corrected chi connectivity index (χ0v) is 12.9. The minimum Gasteiger partial charge on any atom is -0.379 e. The van der Waals surface area contributed by atoms with E-state index in [4.69, 9.17) is 0 Å². The molecule has 8 heteroatoms. The quantitative estimate of drug-likeness (QED) is 0.636. The van der Waals surface area contributed by atoms with Crippen LogP contribution in [-0.2, 0) is 10.0 Å². The minimum atomic E-state index is -3.11. The number of nitrogens with one attached hydrogen (secondary N) is 1. The zero-order valence-electron chi connectivity index (χ0n) is 12.1. The Morgan fingerprint density at radius 3 is 2.67 bits per heavy atom. The topological polar surface area (TPSA) is 92.6 Å². The molecule has 2 rings (SSSR count). The molecule has 0 spiro atoms. The van der Waals surface area contributed by atoms with Crippen LogP contribution in [-0.4, -0.2) is 43.0 Å². The van der Waals surface area contributed by atoms with E-state index in [9.17, 15) is 18.5 Å². The van der Waals surface area contributed by atoms with Gasteiger partial charge >= 0.3 is 0 Å². The van der Waals surface area contributed by atoms with Gasteiger partial charge < -0.3 is 5.32 Å². The second-order valence-corrected chi connectivity index (χ2v) is 7.45. The monoisotopic (exact) mass is 313 g/mol. The molecule has 0 aliphatic carbocycles. The number of nitro benzene ring substituents is 1. The summed E-state index contributed by atoms with van der Waals surface area (Å²) in [6.07, 6.45) is 0. The van der Waals surface area contributed by atoms with Crippen molar-refractivity contribution >= 4 is 21.4 Å². The van der Waals surface area contributed by atoms with Gasteiger partial charge in [0.05, 0.1) is 10.7 Å². The van der Waals surface area contributed by atoms with E-state index >= 15 is 0 Å². The predicted octanol–water partition coefficient (Wildman–Crippen LogP) is 1.60. The van der Waals surface area contributed by atoms with Crippen LogP contribution in [0.15, 0.2) is 18.2 Å². The van der Waals surface area contributed by atoms with Crippen LogP contribution < -0.4 is 5.32 Å². The molecule has 0 atom stereocenters. The molecule has 1 aromatic rings. The van der Waals surface area contributed by atoms with Crippen LogP contribution in [0.3, 0.4) is 0 Å². The molecule has 21 heavy (non-hydrogen) atoms. The molecule has 1 saturated heterocycles. The van der Waals surface area contributed by atoms with Crippen molar-refractivity contribution in [2.45, 2.75) is 13.8 Å². The normalized spacial score (nSPS) is 16.5. The smallest absolute Gasteiger partial charge is 0.292 e. The van der Waals surface area contributed by atoms with Crippen molar-refractivity contribution in [2.24, 2.45) is 5.92 Å². The van der Waals surface area contributed by atoms with Crippen molar-refractivity contribution in [1.82, 2.24) is 4.31 Å². The first-order chi connectivity index (χ1) is 9.85. The molecular formula is C13H19N3O4S. The maximum absolute atomic E-state index is 11.6. The van der Waals surface area contributed by atoms with Crippen LogP contribution in [0.4, 0.5) is 11.4 Å². The third kappa shape index (κ3) is 3.33. The highest BCUT2D eigenvalue weighted by atomic mass is 32.2. The van der Waals surface area contributed by atoms with Crippen LogP contribution in [0.1, 0.15) is 12.5 Å². The van der Waals surface area contributed by atoms with Crippen molar-refractivity contribution < 1.29 is 13.3 Å².